The number of amides is 1. The van der Waals surface area contributed by atoms with Gasteiger partial charge in [0.2, 0.25) is 0 Å². The average Bonchev–Trinajstić information content (AvgIpc) is 3.15. The van der Waals surface area contributed by atoms with Gasteiger partial charge in [0.1, 0.15) is 5.76 Å². The minimum absolute atomic E-state index is 0.0725. The lowest BCUT2D eigenvalue weighted by atomic mass is 9.91. The smallest absolute Gasteiger partial charge is 0.300 e. The van der Waals surface area contributed by atoms with Crippen LogP contribution in [0.4, 0.5) is 20.2 Å². The van der Waals surface area contributed by atoms with Crippen LogP contribution in [0.3, 0.4) is 0 Å². The van der Waals surface area contributed by atoms with E-state index in [0.717, 1.165) is 34.6 Å². The summed E-state index contributed by atoms with van der Waals surface area (Å²) >= 11 is 0. The molecule has 1 saturated heterocycles. The van der Waals surface area contributed by atoms with Crippen molar-refractivity contribution in [2.24, 2.45) is 0 Å². The van der Waals surface area contributed by atoms with Crippen LogP contribution in [0.25, 0.3) is 16.5 Å². The largest absolute Gasteiger partial charge is 0.507 e. The number of ketones is 1. The highest BCUT2D eigenvalue weighted by Crippen LogP contribution is 2.44. The van der Waals surface area contributed by atoms with Gasteiger partial charge >= 0.3 is 0 Å². The molecule has 1 heterocycles. The van der Waals surface area contributed by atoms with Crippen LogP contribution in [0.15, 0.2) is 90.5 Å². The molecule has 5 rings (SSSR count). The van der Waals surface area contributed by atoms with Gasteiger partial charge in [-0.15, -0.1) is 0 Å². The first kappa shape index (κ1) is 22.9. The van der Waals surface area contributed by atoms with E-state index in [2.05, 4.69) is 0 Å². The monoisotopic (exact) mass is 486 g/mol. The molecule has 1 amide bonds. The molecule has 0 bridgehead atoms. The maximum atomic E-state index is 14.1. The predicted octanol–water partition coefficient (Wildman–Crippen LogP) is 5.65. The molecule has 4 aromatic carbocycles. The Bertz CT molecular complexity index is 1590. The van der Waals surface area contributed by atoms with Gasteiger partial charge in [-0.3, -0.25) is 24.6 Å². The van der Waals surface area contributed by atoms with Gasteiger partial charge in [-0.2, -0.15) is 0 Å². The molecule has 1 aliphatic rings. The SMILES string of the molecule is O=C1C(=O)N(c2ccc(F)c(F)c2)C(c2cccc3ccccc23)/C1=C(/O)c1ccc([N+](=O)[O-])cc1. The molecule has 1 aliphatic heterocycles. The molecule has 36 heavy (non-hydrogen) atoms. The maximum absolute atomic E-state index is 14.1. The van der Waals surface area contributed by atoms with E-state index in [9.17, 15) is 33.6 Å². The van der Waals surface area contributed by atoms with Crippen LogP contribution in [-0.2, 0) is 9.59 Å². The third kappa shape index (κ3) is 3.67. The van der Waals surface area contributed by atoms with Crippen molar-refractivity contribution in [1.82, 2.24) is 0 Å². The van der Waals surface area contributed by atoms with Gasteiger partial charge in [-0.1, -0.05) is 42.5 Å². The molecule has 9 heteroatoms. The predicted molar refractivity (Wildman–Crippen MR) is 128 cm³/mol. The quantitative estimate of drug-likeness (QED) is 0.132. The Morgan fingerprint density at radius 2 is 1.58 bits per heavy atom. The molecule has 1 atom stereocenters. The van der Waals surface area contributed by atoms with Crippen LogP contribution in [0.5, 0.6) is 0 Å². The molecule has 178 valence electrons. The van der Waals surface area contributed by atoms with Crippen molar-refractivity contribution in [3.05, 3.63) is 123 Å². The normalized spacial score (nSPS) is 17.1. The number of anilines is 1. The number of aliphatic hydroxyl groups excluding tert-OH is 1. The van der Waals surface area contributed by atoms with Crippen molar-refractivity contribution < 1.29 is 28.4 Å². The Morgan fingerprint density at radius 3 is 2.28 bits per heavy atom. The summed E-state index contributed by atoms with van der Waals surface area (Å²) in [5.74, 6) is -4.95. The summed E-state index contributed by atoms with van der Waals surface area (Å²) in [7, 11) is 0. The lowest BCUT2D eigenvalue weighted by Crippen LogP contribution is -2.29. The molecule has 1 fully saturated rings. The zero-order chi connectivity index (χ0) is 25.6. The Labute approximate surface area is 202 Å². The number of nitrogens with zero attached hydrogens (tertiary/aromatic N) is 2. The molecule has 1 unspecified atom stereocenters. The highest BCUT2D eigenvalue weighted by Gasteiger charge is 2.47. The first-order valence-electron chi connectivity index (χ1n) is 10.8. The molecule has 0 aliphatic carbocycles. The number of hydrogen-bond acceptors (Lipinski definition) is 5. The summed E-state index contributed by atoms with van der Waals surface area (Å²) in [6, 6.07) is 18.9. The molecule has 1 N–H and O–H groups in total. The van der Waals surface area contributed by atoms with Gasteiger partial charge < -0.3 is 5.11 Å². The molecule has 4 aromatic rings. The van der Waals surface area contributed by atoms with E-state index in [1.54, 1.807) is 24.3 Å². The van der Waals surface area contributed by atoms with Gasteiger partial charge in [-0.25, -0.2) is 8.78 Å². The maximum Gasteiger partial charge on any atom is 0.300 e. The highest BCUT2D eigenvalue weighted by atomic mass is 19.2. The minimum atomic E-state index is -1.21. The van der Waals surface area contributed by atoms with E-state index in [4.69, 9.17) is 0 Å². The summed E-state index contributed by atoms with van der Waals surface area (Å²) in [4.78, 5) is 37.9. The van der Waals surface area contributed by atoms with Gasteiger partial charge in [0, 0.05) is 29.4 Å². The molecular weight excluding hydrogens is 470 g/mol. The standard InChI is InChI=1S/C27H16F2N2O5/c28-21-13-12-18(14-22(21)29)30-24(20-7-3-5-15-4-1-2-6-19(15)20)23(26(33)27(30)34)25(32)16-8-10-17(11-9-16)31(35)36/h1-14,24,32H/b25-23-. The van der Waals surface area contributed by atoms with Gasteiger partial charge in [0.15, 0.2) is 11.6 Å². The summed E-state index contributed by atoms with van der Waals surface area (Å²) in [6.07, 6.45) is 0. The highest BCUT2D eigenvalue weighted by molar-refractivity contribution is 6.51. The fourth-order valence-corrected chi connectivity index (χ4v) is 4.41. The van der Waals surface area contributed by atoms with E-state index >= 15 is 0 Å². The molecule has 0 saturated carbocycles. The van der Waals surface area contributed by atoms with Crippen LogP contribution in [-0.4, -0.2) is 21.7 Å². The Kier molecular flexibility index (Phi) is 5.52. The molecular formula is C27H16F2N2O5. The number of carbonyl (C=O) groups is 2. The Balaban J connectivity index is 1.78. The van der Waals surface area contributed by atoms with Crippen molar-refractivity contribution in [3.8, 4) is 0 Å². The number of fused-ring (bicyclic) bond motifs is 1. The van der Waals surface area contributed by atoms with Gasteiger partial charge in [0.05, 0.1) is 16.5 Å². The number of rotatable bonds is 4. The lowest BCUT2D eigenvalue weighted by molar-refractivity contribution is -0.384. The van der Waals surface area contributed by atoms with Crippen molar-refractivity contribution in [3.63, 3.8) is 0 Å². The van der Waals surface area contributed by atoms with Crippen molar-refractivity contribution in [2.45, 2.75) is 6.04 Å². The summed E-state index contributed by atoms with van der Waals surface area (Å²) in [5, 5.41) is 23.7. The van der Waals surface area contributed by atoms with Crippen molar-refractivity contribution in [2.75, 3.05) is 4.90 Å². The zero-order valence-corrected chi connectivity index (χ0v) is 18.4. The zero-order valence-electron chi connectivity index (χ0n) is 18.4. The van der Waals surface area contributed by atoms with Crippen molar-refractivity contribution >= 4 is 39.6 Å². The second-order valence-corrected chi connectivity index (χ2v) is 8.14. The Hall–Kier alpha value is -4.92. The molecule has 0 spiro atoms. The number of carbonyl (C=O) groups excluding carboxylic acids is 2. The summed E-state index contributed by atoms with van der Waals surface area (Å²) < 4.78 is 27.8. The van der Waals surface area contributed by atoms with Crippen LogP contribution in [0, 0.1) is 21.7 Å². The van der Waals surface area contributed by atoms with Crippen LogP contribution >= 0.6 is 0 Å². The molecule has 7 nitrogen and oxygen atoms in total. The number of nitro groups is 1. The first-order chi connectivity index (χ1) is 17.3. The number of hydrogen-bond donors (Lipinski definition) is 1. The van der Waals surface area contributed by atoms with E-state index in [1.165, 1.54) is 18.2 Å². The third-order valence-electron chi connectivity index (χ3n) is 6.10. The van der Waals surface area contributed by atoms with E-state index in [-0.39, 0.29) is 22.5 Å². The number of Topliss-reactive ketones (excluding diaryl/α,β-unsaturated/α-hetero) is 1. The van der Waals surface area contributed by atoms with E-state index in [0.29, 0.717) is 10.9 Å². The molecule has 0 aromatic heterocycles. The average molecular weight is 486 g/mol. The second kappa shape index (κ2) is 8.70. The van der Waals surface area contributed by atoms with Gasteiger partial charge in [0.25, 0.3) is 17.4 Å². The number of aliphatic hydroxyl groups is 1. The number of non-ortho nitro benzene ring substituents is 1. The van der Waals surface area contributed by atoms with Crippen LogP contribution < -0.4 is 4.90 Å². The van der Waals surface area contributed by atoms with Crippen LogP contribution in [0.2, 0.25) is 0 Å². The fourth-order valence-electron chi connectivity index (χ4n) is 4.41. The van der Waals surface area contributed by atoms with Gasteiger partial charge in [-0.05, 0) is 40.6 Å². The topological polar surface area (TPSA) is 101 Å². The first-order valence-corrected chi connectivity index (χ1v) is 10.8. The lowest BCUT2D eigenvalue weighted by Gasteiger charge is -2.26. The number of benzene rings is 4. The van der Waals surface area contributed by atoms with Crippen molar-refractivity contribution in [1.29, 1.82) is 0 Å². The molecule has 0 radical (unpaired) electrons. The van der Waals surface area contributed by atoms with E-state index < -0.39 is 40.0 Å². The van der Waals surface area contributed by atoms with Crippen LogP contribution in [0.1, 0.15) is 17.2 Å². The van der Waals surface area contributed by atoms with E-state index in [1.807, 2.05) is 18.2 Å². The summed E-state index contributed by atoms with van der Waals surface area (Å²) in [6.45, 7) is 0. The fraction of sp³-hybridized carbons (Fsp3) is 0.0370. The Morgan fingerprint density at radius 1 is 0.889 bits per heavy atom. The minimum Gasteiger partial charge on any atom is -0.507 e. The number of nitro benzene ring substituents is 1. The number of halogens is 2. The summed E-state index contributed by atoms with van der Waals surface area (Å²) in [5.41, 5.74) is -0.0272. The third-order valence-corrected chi connectivity index (χ3v) is 6.10. The second-order valence-electron chi connectivity index (χ2n) is 8.14.